The first-order chi connectivity index (χ1) is 13.2. The van der Waals surface area contributed by atoms with Crippen molar-refractivity contribution in [2.24, 2.45) is 0 Å². The van der Waals surface area contributed by atoms with Crippen molar-refractivity contribution in [2.75, 3.05) is 18.4 Å². The van der Waals surface area contributed by atoms with E-state index in [1.165, 1.54) is 0 Å². The molecular formula is C19H20N6O2. The van der Waals surface area contributed by atoms with Crippen LogP contribution in [0.5, 0.6) is 0 Å². The summed E-state index contributed by atoms with van der Waals surface area (Å²) in [5.74, 6) is -0.228. The SMILES string of the molecule is CCNC(=O)c1cc(NC(=O)c2n[nH]c3c2CNCC3)nc2ccccc12. The Hall–Kier alpha value is -3.26. The van der Waals surface area contributed by atoms with E-state index >= 15 is 0 Å². The van der Waals surface area contributed by atoms with Crippen molar-refractivity contribution in [2.45, 2.75) is 19.9 Å². The van der Waals surface area contributed by atoms with Gasteiger partial charge < -0.3 is 16.0 Å². The fourth-order valence-corrected chi connectivity index (χ4v) is 3.27. The summed E-state index contributed by atoms with van der Waals surface area (Å²) in [6.07, 6.45) is 0.811. The minimum Gasteiger partial charge on any atom is -0.352 e. The van der Waals surface area contributed by atoms with Gasteiger partial charge in [-0.3, -0.25) is 14.7 Å². The Morgan fingerprint density at radius 3 is 2.93 bits per heavy atom. The summed E-state index contributed by atoms with van der Waals surface area (Å²) < 4.78 is 0. The maximum absolute atomic E-state index is 12.7. The molecule has 0 unspecified atom stereocenters. The van der Waals surface area contributed by atoms with Crippen LogP contribution in [0.4, 0.5) is 5.82 Å². The highest BCUT2D eigenvalue weighted by atomic mass is 16.2. The highest BCUT2D eigenvalue weighted by Gasteiger charge is 2.22. The zero-order valence-electron chi connectivity index (χ0n) is 14.9. The van der Waals surface area contributed by atoms with E-state index in [4.69, 9.17) is 0 Å². The van der Waals surface area contributed by atoms with Crippen LogP contribution in [-0.4, -0.2) is 40.1 Å². The summed E-state index contributed by atoms with van der Waals surface area (Å²) >= 11 is 0. The molecule has 0 radical (unpaired) electrons. The molecule has 0 saturated heterocycles. The number of aromatic amines is 1. The number of pyridine rings is 1. The molecule has 2 amide bonds. The third-order valence-corrected chi connectivity index (χ3v) is 4.56. The van der Waals surface area contributed by atoms with Crippen LogP contribution in [0.25, 0.3) is 10.9 Å². The molecule has 0 bridgehead atoms. The second-order valence-corrected chi connectivity index (χ2v) is 6.34. The molecule has 138 valence electrons. The molecule has 0 saturated carbocycles. The Morgan fingerprint density at radius 2 is 2.07 bits per heavy atom. The zero-order valence-corrected chi connectivity index (χ0v) is 14.9. The fourth-order valence-electron chi connectivity index (χ4n) is 3.27. The van der Waals surface area contributed by atoms with E-state index in [0.29, 0.717) is 35.7 Å². The Balaban J connectivity index is 1.68. The first kappa shape index (κ1) is 17.2. The van der Waals surface area contributed by atoms with E-state index in [2.05, 4.69) is 31.1 Å². The van der Waals surface area contributed by atoms with Gasteiger partial charge in [-0.05, 0) is 19.1 Å². The van der Waals surface area contributed by atoms with Crippen LogP contribution >= 0.6 is 0 Å². The molecule has 3 aromatic rings. The highest BCUT2D eigenvalue weighted by Crippen LogP contribution is 2.22. The van der Waals surface area contributed by atoms with Gasteiger partial charge in [-0.25, -0.2) is 4.98 Å². The van der Waals surface area contributed by atoms with Crippen molar-refractivity contribution >= 4 is 28.5 Å². The van der Waals surface area contributed by atoms with E-state index in [-0.39, 0.29) is 11.8 Å². The van der Waals surface area contributed by atoms with Gasteiger partial charge in [0.25, 0.3) is 11.8 Å². The number of benzene rings is 1. The van der Waals surface area contributed by atoms with Crippen molar-refractivity contribution in [3.63, 3.8) is 0 Å². The number of aromatic nitrogens is 3. The summed E-state index contributed by atoms with van der Waals surface area (Å²) in [6, 6.07) is 8.96. The molecule has 4 N–H and O–H groups in total. The fraction of sp³-hybridized carbons (Fsp3) is 0.263. The van der Waals surface area contributed by atoms with Gasteiger partial charge in [0.15, 0.2) is 5.69 Å². The molecular weight excluding hydrogens is 344 g/mol. The third-order valence-electron chi connectivity index (χ3n) is 4.56. The molecule has 27 heavy (non-hydrogen) atoms. The average Bonchev–Trinajstić information content (AvgIpc) is 3.12. The molecule has 0 fully saturated rings. The third kappa shape index (κ3) is 3.26. The van der Waals surface area contributed by atoms with Crippen LogP contribution < -0.4 is 16.0 Å². The highest BCUT2D eigenvalue weighted by molar-refractivity contribution is 6.09. The van der Waals surface area contributed by atoms with Gasteiger partial charge >= 0.3 is 0 Å². The summed E-state index contributed by atoms with van der Waals surface area (Å²) in [4.78, 5) is 29.6. The molecule has 0 aliphatic carbocycles. The molecule has 2 aromatic heterocycles. The second kappa shape index (κ2) is 7.16. The Kier molecular flexibility index (Phi) is 4.55. The van der Waals surface area contributed by atoms with Gasteiger partial charge in [-0.15, -0.1) is 0 Å². The molecule has 0 spiro atoms. The van der Waals surface area contributed by atoms with Crippen molar-refractivity contribution in [1.29, 1.82) is 0 Å². The second-order valence-electron chi connectivity index (χ2n) is 6.34. The maximum Gasteiger partial charge on any atom is 0.277 e. The van der Waals surface area contributed by atoms with Crippen molar-refractivity contribution in [3.05, 3.63) is 52.8 Å². The summed E-state index contributed by atoms with van der Waals surface area (Å²) in [7, 11) is 0. The van der Waals surface area contributed by atoms with E-state index in [9.17, 15) is 9.59 Å². The monoisotopic (exact) mass is 364 g/mol. The van der Waals surface area contributed by atoms with Gasteiger partial charge in [-0.2, -0.15) is 5.10 Å². The van der Waals surface area contributed by atoms with E-state index < -0.39 is 0 Å². The van der Waals surface area contributed by atoms with Gasteiger partial charge in [0.05, 0.1) is 11.1 Å². The van der Waals surface area contributed by atoms with E-state index in [1.54, 1.807) is 6.07 Å². The smallest absolute Gasteiger partial charge is 0.277 e. The number of carbonyl (C=O) groups is 2. The first-order valence-electron chi connectivity index (χ1n) is 8.93. The van der Waals surface area contributed by atoms with Crippen molar-refractivity contribution in [1.82, 2.24) is 25.8 Å². The van der Waals surface area contributed by atoms with Crippen molar-refractivity contribution in [3.8, 4) is 0 Å². The number of anilines is 1. The molecule has 1 aliphatic heterocycles. The lowest BCUT2D eigenvalue weighted by molar-refractivity contribution is 0.0955. The van der Waals surface area contributed by atoms with Crippen LogP contribution in [0.15, 0.2) is 30.3 Å². The minimum atomic E-state index is -0.346. The minimum absolute atomic E-state index is 0.201. The van der Waals surface area contributed by atoms with Crippen LogP contribution in [0.2, 0.25) is 0 Å². The molecule has 4 rings (SSSR count). The predicted octanol–water partition coefficient (Wildman–Crippen LogP) is 1.61. The van der Waals surface area contributed by atoms with E-state index in [0.717, 1.165) is 29.6 Å². The maximum atomic E-state index is 12.7. The number of carbonyl (C=O) groups excluding carboxylic acids is 2. The van der Waals surface area contributed by atoms with Crippen LogP contribution in [0.3, 0.4) is 0 Å². The Morgan fingerprint density at radius 1 is 1.22 bits per heavy atom. The summed E-state index contributed by atoms with van der Waals surface area (Å²) in [5, 5.41) is 16.7. The van der Waals surface area contributed by atoms with E-state index in [1.807, 2.05) is 31.2 Å². The topological polar surface area (TPSA) is 112 Å². The van der Waals surface area contributed by atoms with Crippen molar-refractivity contribution < 1.29 is 9.59 Å². The average molecular weight is 364 g/mol. The number of H-pyrrole nitrogens is 1. The lowest BCUT2D eigenvalue weighted by Gasteiger charge is -2.13. The van der Waals surface area contributed by atoms with Gasteiger partial charge in [-0.1, -0.05) is 18.2 Å². The van der Waals surface area contributed by atoms with Crippen LogP contribution in [0.1, 0.15) is 39.0 Å². The Labute approximate surface area is 155 Å². The molecule has 3 heterocycles. The number of hydrogen-bond acceptors (Lipinski definition) is 5. The number of fused-ring (bicyclic) bond motifs is 2. The van der Waals surface area contributed by atoms with Crippen LogP contribution in [-0.2, 0) is 13.0 Å². The van der Waals surface area contributed by atoms with Gasteiger partial charge in [0.1, 0.15) is 5.82 Å². The van der Waals surface area contributed by atoms with Crippen LogP contribution in [0, 0.1) is 0 Å². The normalized spacial score (nSPS) is 13.2. The van der Waals surface area contributed by atoms with Gasteiger partial charge in [0.2, 0.25) is 0 Å². The Bertz CT molecular complexity index is 1030. The molecule has 0 atom stereocenters. The summed E-state index contributed by atoms with van der Waals surface area (Å²) in [6.45, 7) is 3.84. The summed E-state index contributed by atoms with van der Waals surface area (Å²) in [5.41, 5.74) is 3.33. The predicted molar refractivity (Wildman–Crippen MR) is 102 cm³/mol. The number of nitrogens with one attached hydrogen (secondary N) is 4. The number of para-hydroxylation sites is 1. The molecule has 1 aliphatic rings. The number of hydrogen-bond donors (Lipinski definition) is 4. The first-order valence-corrected chi connectivity index (χ1v) is 8.93. The lowest BCUT2D eigenvalue weighted by atomic mass is 10.1. The number of amides is 2. The lowest BCUT2D eigenvalue weighted by Crippen LogP contribution is -2.26. The number of rotatable bonds is 4. The zero-order chi connectivity index (χ0) is 18.8. The largest absolute Gasteiger partial charge is 0.352 e. The molecule has 1 aromatic carbocycles. The molecule has 8 nitrogen and oxygen atoms in total. The number of nitrogens with zero attached hydrogens (tertiary/aromatic N) is 2. The van der Waals surface area contributed by atoms with Gasteiger partial charge in [0, 0.05) is 42.7 Å². The molecule has 8 heteroatoms. The quantitative estimate of drug-likeness (QED) is 0.562. The standard InChI is InChI=1S/C19H20N6O2/c1-2-21-18(26)12-9-16(22-14-6-4-3-5-11(12)14)23-19(27)17-13-10-20-8-7-15(13)24-25-17/h3-6,9,20H,2,7-8,10H2,1H3,(H,21,26)(H,24,25)(H,22,23,27).